The Hall–Kier alpha value is -0.0800. The molecule has 2 heterocycles. The van der Waals surface area contributed by atoms with Crippen molar-refractivity contribution >= 4 is 0 Å². The van der Waals surface area contributed by atoms with Gasteiger partial charge in [-0.05, 0) is 46.5 Å². The van der Waals surface area contributed by atoms with Crippen LogP contribution in [0.4, 0.5) is 0 Å². The zero-order valence-corrected chi connectivity index (χ0v) is 9.66. The number of fused-ring (bicyclic) bond motifs is 2. The maximum Gasteiger partial charge on any atom is 0.0649 e. The van der Waals surface area contributed by atoms with Crippen molar-refractivity contribution in [3.63, 3.8) is 0 Å². The van der Waals surface area contributed by atoms with Gasteiger partial charge >= 0.3 is 0 Å². The molecule has 0 aliphatic carbocycles. The standard InChI is InChI=1S/C12H23NO/c1-9(2)13-10-5-4-6-11(13)8-12(3,14)7-10/h9-11,14H,4-8H2,1-3H3/t10-,11+,12?. The van der Waals surface area contributed by atoms with Crippen molar-refractivity contribution in [1.29, 1.82) is 0 Å². The molecule has 2 rings (SSSR count). The SMILES string of the molecule is CC(C)N1[C@@H]2CCC[C@H]1CC(C)(O)C2. The van der Waals surface area contributed by atoms with Crippen LogP contribution < -0.4 is 0 Å². The lowest BCUT2D eigenvalue weighted by Gasteiger charge is -2.53. The Balaban J connectivity index is 2.15. The van der Waals surface area contributed by atoms with Gasteiger partial charge in [0, 0.05) is 18.1 Å². The van der Waals surface area contributed by atoms with Crippen molar-refractivity contribution < 1.29 is 5.11 Å². The monoisotopic (exact) mass is 197 g/mol. The molecule has 2 fully saturated rings. The third-order valence-electron chi connectivity index (χ3n) is 3.87. The topological polar surface area (TPSA) is 23.5 Å². The molecule has 82 valence electrons. The van der Waals surface area contributed by atoms with Gasteiger partial charge in [-0.15, -0.1) is 0 Å². The van der Waals surface area contributed by atoms with E-state index >= 15 is 0 Å². The summed E-state index contributed by atoms with van der Waals surface area (Å²) < 4.78 is 0. The lowest BCUT2D eigenvalue weighted by molar-refractivity contribution is -0.0925. The smallest absolute Gasteiger partial charge is 0.0649 e. The van der Waals surface area contributed by atoms with E-state index in [0.717, 1.165) is 12.8 Å². The minimum Gasteiger partial charge on any atom is -0.390 e. The van der Waals surface area contributed by atoms with E-state index in [1.54, 1.807) is 0 Å². The Kier molecular flexibility index (Phi) is 2.61. The highest BCUT2D eigenvalue weighted by atomic mass is 16.3. The molecule has 3 atom stereocenters. The number of nitrogens with zero attached hydrogens (tertiary/aromatic N) is 1. The number of rotatable bonds is 1. The summed E-state index contributed by atoms with van der Waals surface area (Å²) in [6.45, 7) is 6.58. The van der Waals surface area contributed by atoms with Crippen molar-refractivity contribution in [2.75, 3.05) is 0 Å². The third kappa shape index (κ3) is 1.82. The molecule has 2 aliphatic rings. The van der Waals surface area contributed by atoms with Gasteiger partial charge in [-0.1, -0.05) is 6.42 Å². The second-order valence-electron chi connectivity index (χ2n) is 5.68. The molecule has 2 saturated heterocycles. The van der Waals surface area contributed by atoms with Crippen LogP contribution in [0.1, 0.15) is 52.9 Å². The molecular weight excluding hydrogens is 174 g/mol. The third-order valence-corrected chi connectivity index (χ3v) is 3.87. The second-order valence-corrected chi connectivity index (χ2v) is 5.68. The molecule has 0 radical (unpaired) electrons. The van der Waals surface area contributed by atoms with Crippen molar-refractivity contribution in [1.82, 2.24) is 4.90 Å². The van der Waals surface area contributed by atoms with Gasteiger partial charge < -0.3 is 5.11 Å². The number of aliphatic hydroxyl groups is 1. The molecule has 2 nitrogen and oxygen atoms in total. The Morgan fingerprint density at radius 3 is 2.14 bits per heavy atom. The Bertz CT molecular complexity index is 196. The van der Waals surface area contributed by atoms with Crippen LogP contribution >= 0.6 is 0 Å². The Labute approximate surface area is 87.3 Å². The highest BCUT2D eigenvalue weighted by Crippen LogP contribution is 2.39. The van der Waals surface area contributed by atoms with E-state index in [1.165, 1.54) is 19.3 Å². The van der Waals surface area contributed by atoms with Crippen molar-refractivity contribution in [3.05, 3.63) is 0 Å². The second kappa shape index (κ2) is 3.49. The van der Waals surface area contributed by atoms with Gasteiger partial charge in [0.15, 0.2) is 0 Å². The Morgan fingerprint density at radius 2 is 1.71 bits per heavy atom. The summed E-state index contributed by atoms with van der Waals surface area (Å²) in [5, 5.41) is 10.2. The van der Waals surface area contributed by atoms with E-state index in [-0.39, 0.29) is 0 Å². The fraction of sp³-hybridized carbons (Fsp3) is 1.00. The molecule has 1 N–H and O–H groups in total. The minimum atomic E-state index is -0.402. The number of piperidine rings is 2. The first kappa shape index (κ1) is 10.4. The maximum absolute atomic E-state index is 10.2. The van der Waals surface area contributed by atoms with E-state index in [9.17, 15) is 5.11 Å². The van der Waals surface area contributed by atoms with Crippen LogP contribution in [0.5, 0.6) is 0 Å². The average Bonchev–Trinajstić information content (AvgIpc) is 1.99. The van der Waals surface area contributed by atoms with Gasteiger partial charge in [0.05, 0.1) is 5.60 Å². The van der Waals surface area contributed by atoms with Crippen LogP contribution in [0.15, 0.2) is 0 Å². The fourth-order valence-electron chi connectivity index (χ4n) is 3.54. The average molecular weight is 197 g/mol. The molecule has 0 saturated carbocycles. The van der Waals surface area contributed by atoms with Crippen LogP contribution in [0.25, 0.3) is 0 Å². The number of hydrogen-bond acceptors (Lipinski definition) is 2. The molecule has 0 aromatic heterocycles. The summed E-state index contributed by atoms with van der Waals surface area (Å²) in [7, 11) is 0. The van der Waals surface area contributed by atoms with Gasteiger partial charge in [0.2, 0.25) is 0 Å². The quantitative estimate of drug-likeness (QED) is 0.696. The van der Waals surface area contributed by atoms with E-state index in [2.05, 4.69) is 18.7 Å². The molecule has 0 spiro atoms. The summed E-state index contributed by atoms with van der Waals surface area (Å²) in [5.74, 6) is 0. The van der Waals surface area contributed by atoms with Crippen molar-refractivity contribution in [2.45, 2.75) is 76.6 Å². The first-order chi connectivity index (χ1) is 6.49. The van der Waals surface area contributed by atoms with Crippen LogP contribution in [-0.2, 0) is 0 Å². The molecule has 0 aromatic carbocycles. The van der Waals surface area contributed by atoms with Crippen LogP contribution in [-0.4, -0.2) is 33.7 Å². The van der Waals surface area contributed by atoms with E-state index in [4.69, 9.17) is 0 Å². The summed E-state index contributed by atoms with van der Waals surface area (Å²) in [5.41, 5.74) is -0.402. The molecule has 14 heavy (non-hydrogen) atoms. The number of hydrogen-bond donors (Lipinski definition) is 1. The van der Waals surface area contributed by atoms with Gasteiger partial charge in [-0.3, -0.25) is 4.90 Å². The van der Waals surface area contributed by atoms with Gasteiger partial charge in [0.25, 0.3) is 0 Å². The van der Waals surface area contributed by atoms with Crippen LogP contribution in [0, 0.1) is 0 Å². The van der Waals surface area contributed by atoms with Gasteiger partial charge in [-0.25, -0.2) is 0 Å². The zero-order chi connectivity index (χ0) is 10.3. The normalized spacial score (nSPS) is 44.4. The van der Waals surface area contributed by atoms with Crippen LogP contribution in [0.2, 0.25) is 0 Å². The highest BCUT2D eigenvalue weighted by molar-refractivity contribution is 4.98. The summed E-state index contributed by atoms with van der Waals surface area (Å²) in [4.78, 5) is 2.64. The largest absolute Gasteiger partial charge is 0.390 e. The molecule has 1 unspecified atom stereocenters. The van der Waals surface area contributed by atoms with Gasteiger partial charge in [0.1, 0.15) is 0 Å². The van der Waals surface area contributed by atoms with Crippen molar-refractivity contribution in [3.8, 4) is 0 Å². The van der Waals surface area contributed by atoms with E-state index < -0.39 is 5.60 Å². The first-order valence-corrected chi connectivity index (χ1v) is 5.99. The molecule has 2 heteroatoms. The van der Waals surface area contributed by atoms with E-state index in [0.29, 0.717) is 18.1 Å². The van der Waals surface area contributed by atoms with E-state index in [1.807, 2.05) is 6.92 Å². The summed E-state index contributed by atoms with van der Waals surface area (Å²) in [6.07, 6.45) is 5.87. The summed E-state index contributed by atoms with van der Waals surface area (Å²) >= 11 is 0. The molecular formula is C12H23NO. The molecule has 0 aromatic rings. The van der Waals surface area contributed by atoms with Crippen LogP contribution in [0.3, 0.4) is 0 Å². The minimum absolute atomic E-state index is 0.402. The predicted molar refractivity (Wildman–Crippen MR) is 58.3 cm³/mol. The lowest BCUT2D eigenvalue weighted by atomic mass is 9.76. The molecule has 2 bridgehead atoms. The van der Waals surface area contributed by atoms with Gasteiger partial charge in [-0.2, -0.15) is 0 Å². The zero-order valence-electron chi connectivity index (χ0n) is 9.66. The highest BCUT2D eigenvalue weighted by Gasteiger charge is 2.43. The first-order valence-electron chi connectivity index (χ1n) is 5.99. The Morgan fingerprint density at radius 1 is 1.21 bits per heavy atom. The predicted octanol–water partition coefficient (Wildman–Crippen LogP) is 2.16. The summed E-state index contributed by atoms with van der Waals surface area (Å²) in [6, 6.07) is 1.91. The lowest BCUT2D eigenvalue weighted by Crippen LogP contribution is -2.59. The molecule has 0 amide bonds. The molecule has 2 aliphatic heterocycles. The fourth-order valence-corrected chi connectivity index (χ4v) is 3.54. The maximum atomic E-state index is 10.2. The van der Waals surface area contributed by atoms with Crippen molar-refractivity contribution in [2.24, 2.45) is 0 Å².